The van der Waals surface area contributed by atoms with Crippen LogP contribution in [-0.4, -0.2) is 25.5 Å². The van der Waals surface area contributed by atoms with Gasteiger partial charge in [-0.1, -0.05) is 0 Å². The third-order valence-corrected chi connectivity index (χ3v) is 1.28. The van der Waals surface area contributed by atoms with Crippen molar-refractivity contribution in [1.29, 1.82) is 0 Å². The second-order valence-corrected chi connectivity index (χ2v) is 2.32. The molecule has 0 unspecified atom stereocenters. The average Bonchev–Trinajstić information content (AvgIpc) is 1.90. The van der Waals surface area contributed by atoms with E-state index in [9.17, 15) is 0 Å². The predicted molar refractivity (Wildman–Crippen MR) is 34.0 cm³/mol. The van der Waals surface area contributed by atoms with Gasteiger partial charge in [0.1, 0.15) is 0 Å². The second kappa shape index (κ2) is 3.15. The lowest BCUT2D eigenvalue weighted by atomic mass is 10.3. The maximum atomic E-state index is 5.52. The Morgan fingerprint density at radius 3 is 2.33 bits per heavy atom. The topological polar surface area (TPSA) is 44.5 Å². The zero-order chi connectivity index (χ0) is 6.69. The maximum absolute atomic E-state index is 5.52. The predicted octanol–water partition coefficient (Wildman–Crippen LogP) is 0.0966. The van der Waals surface area contributed by atoms with Gasteiger partial charge in [-0.3, -0.25) is 0 Å². The monoisotopic (exact) mass is 131 g/mol. The molecule has 0 aromatic heterocycles. The molecule has 54 valence electrons. The Bertz CT molecular complexity index is 79.1. The van der Waals surface area contributed by atoms with Crippen molar-refractivity contribution in [3.05, 3.63) is 0 Å². The molecule has 0 aliphatic carbocycles. The highest BCUT2D eigenvalue weighted by Gasteiger charge is 2.17. The first kappa shape index (κ1) is 6.99. The van der Waals surface area contributed by atoms with Crippen molar-refractivity contribution in [3.8, 4) is 0 Å². The summed E-state index contributed by atoms with van der Waals surface area (Å²) in [4.78, 5) is 0. The molecule has 1 aliphatic rings. The van der Waals surface area contributed by atoms with Crippen molar-refractivity contribution in [2.45, 2.75) is 25.7 Å². The van der Waals surface area contributed by atoms with Crippen LogP contribution in [-0.2, 0) is 9.47 Å². The lowest BCUT2D eigenvalue weighted by Crippen LogP contribution is -2.39. The van der Waals surface area contributed by atoms with Crippen LogP contribution in [0.2, 0.25) is 0 Å². The Kier molecular flexibility index (Phi) is 2.45. The van der Waals surface area contributed by atoms with Crippen LogP contribution in [0.25, 0.3) is 0 Å². The zero-order valence-corrected chi connectivity index (χ0v) is 5.67. The van der Waals surface area contributed by atoms with Gasteiger partial charge in [0.15, 0.2) is 6.29 Å². The van der Waals surface area contributed by atoms with Crippen LogP contribution in [0.1, 0.15) is 13.3 Å². The van der Waals surface area contributed by atoms with Crippen LogP contribution in [0.5, 0.6) is 0 Å². The largest absolute Gasteiger partial charge is 0.351 e. The first-order chi connectivity index (χ1) is 4.30. The molecule has 9 heavy (non-hydrogen) atoms. The molecule has 0 spiro atoms. The van der Waals surface area contributed by atoms with Crippen molar-refractivity contribution < 1.29 is 9.47 Å². The average molecular weight is 131 g/mol. The molecule has 1 rings (SSSR count). The van der Waals surface area contributed by atoms with E-state index < -0.39 is 0 Å². The lowest BCUT2D eigenvalue weighted by Gasteiger charge is -2.25. The summed E-state index contributed by atoms with van der Waals surface area (Å²) in [5.74, 6) is 0. The molecule has 0 aromatic carbocycles. The highest BCUT2D eigenvalue weighted by molar-refractivity contribution is 4.61. The molecule has 3 nitrogen and oxygen atoms in total. The molecule has 0 bridgehead atoms. The Morgan fingerprint density at radius 2 is 2.00 bits per heavy atom. The van der Waals surface area contributed by atoms with Crippen LogP contribution in [0.15, 0.2) is 0 Å². The molecule has 0 aromatic rings. The molecule has 1 saturated heterocycles. The van der Waals surface area contributed by atoms with Gasteiger partial charge in [0.25, 0.3) is 0 Å². The van der Waals surface area contributed by atoms with Gasteiger partial charge >= 0.3 is 0 Å². The minimum atomic E-state index is -0.168. The number of hydrogen-bond acceptors (Lipinski definition) is 3. The Balaban J connectivity index is 2.23. The maximum Gasteiger partial charge on any atom is 0.172 e. The van der Waals surface area contributed by atoms with Crippen molar-refractivity contribution >= 4 is 0 Å². The fraction of sp³-hybridized carbons (Fsp3) is 1.00. The van der Waals surface area contributed by atoms with E-state index in [-0.39, 0.29) is 12.3 Å². The molecular weight excluding hydrogens is 118 g/mol. The first-order valence-corrected chi connectivity index (χ1v) is 3.29. The summed E-state index contributed by atoms with van der Waals surface area (Å²) >= 11 is 0. The number of nitrogens with two attached hydrogens (primary N) is 1. The molecule has 1 fully saturated rings. The number of ether oxygens (including phenoxy) is 2. The smallest absolute Gasteiger partial charge is 0.172 e. The van der Waals surface area contributed by atoms with Crippen LogP contribution in [0.4, 0.5) is 0 Å². The normalized spacial score (nSPS) is 26.0. The molecule has 0 radical (unpaired) electrons. The van der Waals surface area contributed by atoms with Gasteiger partial charge in [0, 0.05) is 0 Å². The SMILES string of the molecule is C[C@H](N)C1OCCCO1. The Labute approximate surface area is 55.1 Å². The molecule has 1 aliphatic heterocycles. The molecule has 0 saturated carbocycles. The summed E-state index contributed by atoms with van der Waals surface area (Å²) in [6.45, 7) is 3.45. The van der Waals surface area contributed by atoms with Crippen LogP contribution in [0.3, 0.4) is 0 Å². The first-order valence-electron chi connectivity index (χ1n) is 3.29. The van der Waals surface area contributed by atoms with Gasteiger partial charge in [-0.2, -0.15) is 0 Å². The lowest BCUT2D eigenvalue weighted by molar-refractivity contribution is -0.186. The van der Waals surface area contributed by atoms with Crippen LogP contribution in [0, 0.1) is 0 Å². The van der Waals surface area contributed by atoms with E-state index in [1.807, 2.05) is 6.92 Å². The van der Waals surface area contributed by atoms with E-state index in [1.54, 1.807) is 0 Å². The number of hydrogen-bond donors (Lipinski definition) is 1. The van der Waals surface area contributed by atoms with Gasteiger partial charge in [0.2, 0.25) is 0 Å². The zero-order valence-electron chi connectivity index (χ0n) is 5.67. The Hall–Kier alpha value is -0.120. The third kappa shape index (κ3) is 1.93. The van der Waals surface area contributed by atoms with E-state index in [2.05, 4.69) is 0 Å². The summed E-state index contributed by atoms with van der Waals surface area (Å²) in [5.41, 5.74) is 5.52. The molecule has 1 atom stereocenters. The minimum absolute atomic E-state index is 0.00898. The third-order valence-electron chi connectivity index (χ3n) is 1.28. The fourth-order valence-electron chi connectivity index (χ4n) is 0.810. The van der Waals surface area contributed by atoms with Gasteiger partial charge in [-0.25, -0.2) is 0 Å². The van der Waals surface area contributed by atoms with Gasteiger partial charge in [0.05, 0.1) is 19.3 Å². The van der Waals surface area contributed by atoms with Crippen molar-refractivity contribution in [2.75, 3.05) is 13.2 Å². The van der Waals surface area contributed by atoms with E-state index in [0.717, 1.165) is 19.6 Å². The molecular formula is C6H13NO2. The second-order valence-electron chi connectivity index (χ2n) is 2.32. The van der Waals surface area contributed by atoms with E-state index in [4.69, 9.17) is 15.2 Å². The molecule has 0 amide bonds. The summed E-state index contributed by atoms with van der Waals surface area (Å²) in [6.07, 6.45) is 0.821. The minimum Gasteiger partial charge on any atom is -0.351 e. The van der Waals surface area contributed by atoms with Gasteiger partial charge in [-0.15, -0.1) is 0 Å². The summed E-state index contributed by atoms with van der Waals surface area (Å²) in [5, 5.41) is 0. The molecule has 2 N–H and O–H groups in total. The van der Waals surface area contributed by atoms with Crippen molar-refractivity contribution in [1.82, 2.24) is 0 Å². The van der Waals surface area contributed by atoms with Crippen LogP contribution < -0.4 is 5.73 Å². The molecule has 3 heteroatoms. The quantitative estimate of drug-likeness (QED) is 0.548. The highest BCUT2D eigenvalue weighted by atomic mass is 16.7. The fourth-order valence-corrected chi connectivity index (χ4v) is 0.810. The van der Waals surface area contributed by atoms with E-state index >= 15 is 0 Å². The standard InChI is InChI=1S/C6H13NO2/c1-5(7)6-8-3-2-4-9-6/h5-6H,2-4,7H2,1H3/t5-/m0/s1. The van der Waals surface area contributed by atoms with Crippen LogP contribution >= 0.6 is 0 Å². The number of rotatable bonds is 1. The van der Waals surface area contributed by atoms with Gasteiger partial charge in [-0.05, 0) is 13.3 Å². The Morgan fingerprint density at radius 1 is 1.44 bits per heavy atom. The van der Waals surface area contributed by atoms with Crippen molar-refractivity contribution in [3.63, 3.8) is 0 Å². The van der Waals surface area contributed by atoms with E-state index in [0.29, 0.717) is 0 Å². The summed E-state index contributed by atoms with van der Waals surface area (Å²) < 4.78 is 10.4. The molecule has 1 heterocycles. The summed E-state index contributed by atoms with van der Waals surface area (Å²) in [6, 6.07) is -0.00898. The highest BCUT2D eigenvalue weighted by Crippen LogP contribution is 2.06. The van der Waals surface area contributed by atoms with Crippen molar-refractivity contribution in [2.24, 2.45) is 5.73 Å². The summed E-state index contributed by atoms with van der Waals surface area (Å²) in [7, 11) is 0. The van der Waals surface area contributed by atoms with Gasteiger partial charge < -0.3 is 15.2 Å². The van der Waals surface area contributed by atoms with E-state index in [1.165, 1.54) is 0 Å².